The average Bonchev–Trinajstić information content (AvgIpc) is 3.15. The van der Waals surface area contributed by atoms with Gasteiger partial charge in [-0.15, -0.1) is 0 Å². The summed E-state index contributed by atoms with van der Waals surface area (Å²) in [5.74, 6) is 0.373. The molecular formula is C18H27N3O4S. The van der Waals surface area contributed by atoms with E-state index in [1.807, 2.05) is 18.2 Å². The van der Waals surface area contributed by atoms with Gasteiger partial charge in [-0.25, -0.2) is 12.7 Å². The lowest BCUT2D eigenvalue weighted by molar-refractivity contribution is -0.120. The van der Waals surface area contributed by atoms with Crippen molar-refractivity contribution in [1.82, 2.24) is 4.31 Å². The smallest absolute Gasteiger partial charge is 0.227 e. The lowest BCUT2D eigenvalue weighted by atomic mass is 9.97. The molecule has 0 unspecified atom stereocenters. The summed E-state index contributed by atoms with van der Waals surface area (Å²) in [7, 11) is -1.60. The van der Waals surface area contributed by atoms with Crippen LogP contribution in [0.2, 0.25) is 0 Å². The summed E-state index contributed by atoms with van der Waals surface area (Å²) >= 11 is 0. The fourth-order valence-electron chi connectivity index (χ4n) is 3.65. The minimum absolute atomic E-state index is 0.0741. The van der Waals surface area contributed by atoms with Crippen LogP contribution in [0.4, 0.5) is 11.4 Å². The normalized spacial score (nSPS) is 19.5. The van der Waals surface area contributed by atoms with Crippen molar-refractivity contribution in [1.29, 1.82) is 0 Å². The Labute approximate surface area is 155 Å². The van der Waals surface area contributed by atoms with Crippen LogP contribution in [0, 0.1) is 5.92 Å². The van der Waals surface area contributed by atoms with E-state index in [-0.39, 0.29) is 11.8 Å². The number of anilines is 2. The van der Waals surface area contributed by atoms with E-state index < -0.39 is 10.0 Å². The van der Waals surface area contributed by atoms with Gasteiger partial charge in [0.25, 0.3) is 0 Å². The van der Waals surface area contributed by atoms with Crippen LogP contribution < -0.4 is 15.0 Å². The highest BCUT2D eigenvalue weighted by atomic mass is 32.2. The van der Waals surface area contributed by atoms with Crippen LogP contribution in [0.5, 0.6) is 5.75 Å². The van der Waals surface area contributed by atoms with Crippen LogP contribution in [-0.4, -0.2) is 58.2 Å². The first-order chi connectivity index (χ1) is 12.4. The Morgan fingerprint density at radius 1 is 1.15 bits per heavy atom. The van der Waals surface area contributed by atoms with Crippen LogP contribution in [0.1, 0.15) is 25.7 Å². The minimum Gasteiger partial charge on any atom is -0.495 e. The number of sulfonamides is 1. The highest BCUT2D eigenvalue weighted by Gasteiger charge is 2.29. The second-order valence-corrected chi connectivity index (χ2v) is 8.99. The number of methoxy groups -OCH3 is 1. The molecule has 26 heavy (non-hydrogen) atoms. The van der Waals surface area contributed by atoms with E-state index in [9.17, 15) is 13.2 Å². The molecule has 0 radical (unpaired) electrons. The number of piperidine rings is 1. The van der Waals surface area contributed by atoms with Gasteiger partial charge >= 0.3 is 0 Å². The third kappa shape index (κ3) is 4.29. The monoisotopic (exact) mass is 381 g/mol. The summed E-state index contributed by atoms with van der Waals surface area (Å²) in [4.78, 5) is 15.0. The van der Waals surface area contributed by atoms with E-state index in [0.29, 0.717) is 37.4 Å². The molecule has 7 nitrogen and oxygen atoms in total. The number of carbonyl (C=O) groups is 1. The number of hydrogen-bond acceptors (Lipinski definition) is 5. The second-order valence-electron chi connectivity index (χ2n) is 7.00. The number of rotatable bonds is 5. The van der Waals surface area contributed by atoms with Crippen molar-refractivity contribution in [2.45, 2.75) is 25.7 Å². The summed E-state index contributed by atoms with van der Waals surface area (Å²) in [6, 6.07) is 5.87. The van der Waals surface area contributed by atoms with Crippen molar-refractivity contribution in [3.05, 3.63) is 18.2 Å². The molecule has 0 atom stereocenters. The van der Waals surface area contributed by atoms with E-state index >= 15 is 0 Å². The number of nitrogens with zero attached hydrogens (tertiary/aromatic N) is 2. The first-order valence-corrected chi connectivity index (χ1v) is 10.9. The van der Waals surface area contributed by atoms with Crippen molar-refractivity contribution in [3.8, 4) is 5.75 Å². The lowest BCUT2D eigenvalue weighted by Crippen LogP contribution is -2.40. The first-order valence-electron chi connectivity index (χ1n) is 9.07. The quantitative estimate of drug-likeness (QED) is 0.843. The van der Waals surface area contributed by atoms with Crippen molar-refractivity contribution in [2.75, 3.05) is 49.8 Å². The average molecular weight is 381 g/mol. The van der Waals surface area contributed by atoms with Crippen molar-refractivity contribution in [2.24, 2.45) is 5.92 Å². The van der Waals surface area contributed by atoms with Gasteiger partial charge in [-0.2, -0.15) is 0 Å². The SMILES string of the molecule is COc1ccc(N2CCCC2)cc1NC(=O)C1CCN(S(C)(=O)=O)CC1. The zero-order valence-corrected chi connectivity index (χ0v) is 16.2. The van der Waals surface area contributed by atoms with Gasteiger partial charge in [0.2, 0.25) is 15.9 Å². The molecule has 2 aliphatic rings. The van der Waals surface area contributed by atoms with Gasteiger partial charge in [-0.1, -0.05) is 0 Å². The van der Waals surface area contributed by atoms with Gasteiger partial charge in [0.1, 0.15) is 5.75 Å². The molecule has 1 amide bonds. The Morgan fingerprint density at radius 2 is 1.81 bits per heavy atom. The van der Waals surface area contributed by atoms with Gasteiger partial charge in [-0.05, 0) is 43.9 Å². The number of benzene rings is 1. The Morgan fingerprint density at radius 3 is 2.38 bits per heavy atom. The highest BCUT2D eigenvalue weighted by Crippen LogP contribution is 2.32. The maximum Gasteiger partial charge on any atom is 0.227 e. The zero-order valence-electron chi connectivity index (χ0n) is 15.4. The van der Waals surface area contributed by atoms with Gasteiger partial charge in [0.05, 0.1) is 19.1 Å². The minimum atomic E-state index is -3.18. The maximum absolute atomic E-state index is 12.7. The number of amides is 1. The van der Waals surface area contributed by atoms with Crippen LogP contribution in [-0.2, 0) is 14.8 Å². The van der Waals surface area contributed by atoms with E-state index in [2.05, 4.69) is 10.2 Å². The van der Waals surface area contributed by atoms with Crippen molar-refractivity contribution >= 4 is 27.3 Å². The van der Waals surface area contributed by atoms with Crippen LogP contribution in [0.3, 0.4) is 0 Å². The Balaban J connectivity index is 1.67. The van der Waals surface area contributed by atoms with Gasteiger partial charge in [-0.3, -0.25) is 4.79 Å². The Bertz CT molecular complexity index is 752. The topological polar surface area (TPSA) is 79.0 Å². The molecule has 1 aromatic rings. The van der Waals surface area contributed by atoms with Gasteiger partial charge in [0, 0.05) is 37.8 Å². The molecule has 3 rings (SSSR count). The fraction of sp³-hybridized carbons (Fsp3) is 0.611. The summed E-state index contributed by atoms with van der Waals surface area (Å²) in [6.45, 7) is 2.84. The summed E-state index contributed by atoms with van der Waals surface area (Å²) in [5, 5.41) is 2.99. The number of carbonyl (C=O) groups excluding carboxylic acids is 1. The maximum atomic E-state index is 12.7. The largest absolute Gasteiger partial charge is 0.495 e. The van der Waals surface area contributed by atoms with Crippen molar-refractivity contribution < 1.29 is 17.9 Å². The van der Waals surface area contributed by atoms with Crippen LogP contribution >= 0.6 is 0 Å². The predicted octanol–water partition coefficient (Wildman–Crippen LogP) is 1.91. The van der Waals surface area contributed by atoms with Gasteiger partial charge in [0.15, 0.2) is 0 Å². The summed E-state index contributed by atoms with van der Waals surface area (Å²) in [6.07, 6.45) is 4.65. The van der Waals surface area contributed by atoms with E-state index in [0.717, 1.165) is 18.8 Å². The molecule has 144 valence electrons. The number of hydrogen-bond donors (Lipinski definition) is 1. The zero-order chi connectivity index (χ0) is 18.7. The summed E-state index contributed by atoms with van der Waals surface area (Å²) in [5.41, 5.74) is 1.76. The molecule has 0 spiro atoms. The molecule has 0 bridgehead atoms. The molecular weight excluding hydrogens is 354 g/mol. The van der Waals surface area contributed by atoms with Gasteiger partial charge < -0.3 is 15.0 Å². The summed E-state index contributed by atoms with van der Waals surface area (Å²) < 4.78 is 30.0. The molecule has 2 fully saturated rings. The van der Waals surface area contributed by atoms with Crippen LogP contribution in [0.25, 0.3) is 0 Å². The Hall–Kier alpha value is -1.80. The predicted molar refractivity (Wildman–Crippen MR) is 102 cm³/mol. The number of nitrogens with one attached hydrogen (secondary N) is 1. The molecule has 8 heteroatoms. The second kappa shape index (κ2) is 7.84. The standard InChI is InChI=1S/C18H27N3O4S/c1-25-17-6-5-15(20-9-3-4-10-20)13-16(17)19-18(22)14-7-11-21(12-8-14)26(2,23)24/h5-6,13-14H,3-4,7-12H2,1-2H3,(H,19,22). The van der Waals surface area contributed by atoms with E-state index in [1.165, 1.54) is 23.4 Å². The lowest BCUT2D eigenvalue weighted by Gasteiger charge is -2.29. The van der Waals surface area contributed by atoms with Crippen LogP contribution in [0.15, 0.2) is 18.2 Å². The third-order valence-electron chi connectivity index (χ3n) is 5.21. The molecule has 2 saturated heterocycles. The first kappa shape index (κ1) is 19.0. The van der Waals surface area contributed by atoms with E-state index in [1.54, 1.807) is 7.11 Å². The molecule has 0 aliphatic carbocycles. The van der Waals surface area contributed by atoms with E-state index in [4.69, 9.17) is 4.74 Å². The molecule has 1 aromatic carbocycles. The molecule has 0 saturated carbocycles. The molecule has 1 N–H and O–H groups in total. The number of ether oxygens (including phenoxy) is 1. The third-order valence-corrected chi connectivity index (χ3v) is 6.51. The molecule has 2 aliphatic heterocycles. The van der Waals surface area contributed by atoms with Crippen molar-refractivity contribution in [3.63, 3.8) is 0 Å². The molecule has 2 heterocycles. The highest BCUT2D eigenvalue weighted by molar-refractivity contribution is 7.88. The fourth-order valence-corrected chi connectivity index (χ4v) is 4.52. The Kier molecular flexibility index (Phi) is 5.72. The molecule has 0 aromatic heterocycles.